The van der Waals surface area contributed by atoms with E-state index in [1.165, 1.54) is 34.6 Å². The van der Waals surface area contributed by atoms with Crippen molar-refractivity contribution in [2.75, 3.05) is 58.2 Å². The number of rotatable bonds is 14. The minimum atomic E-state index is -0.814. The molecule has 5 saturated heterocycles. The number of aryl methyl sites for hydroxylation is 1. The molecule has 3 aromatic carbocycles. The second-order valence-corrected chi connectivity index (χ2v) is 22.2. The third-order valence-electron chi connectivity index (χ3n) is 16.1. The number of pyridine rings is 1. The summed E-state index contributed by atoms with van der Waals surface area (Å²) in [6.07, 6.45) is 11.9. The number of piperidine rings is 1. The first-order valence-corrected chi connectivity index (χ1v) is 26.8. The van der Waals surface area contributed by atoms with Crippen LogP contribution < -0.4 is 30.7 Å². The van der Waals surface area contributed by atoms with Crippen LogP contribution in [0, 0.1) is 24.0 Å². The van der Waals surface area contributed by atoms with Crippen LogP contribution in [-0.4, -0.2) is 140 Å². The first kappa shape index (κ1) is 53.1. The van der Waals surface area contributed by atoms with Crippen molar-refractivity contribution < 1.29 is 51.6 Å². The number of fused-ring (bicyclic) bond motifs is 6. The third-order valence-corrected chi connectivity index (χ3v) is 16.1. The second-order valence-electron chi connectivity index (χ2n) is 22.2. The van der Waals surface area contributed by atoms with Crippen molar-refractivity contribution >= 4 is 62.5 Å². The molecule has 3 unspecified atom stereocenters. The maximum absolute atomic E-state index is 17.7. The quantitative estimate of drug-likeness (QED) is 0.0664. The van der Waals surface area contributed by atoms with Gasteiger partial charge < -0.3 is 33.9 Å². The van der Waals surface area contributed by atoms with Crippen LogP contribution in [0.25, 0.3) is 44.0 Å². The van der Waals surface area contributed by atoms with Crippen LogP contribution in [0.5, 0.6) is 11.8 Å². The van der Waals surface area contributed by atoms with Gasteiger partial charge in [-0.1, -0.05) is 18.1 Å². The summed E-state index contributed by atoms with van der Waals surface area (Å²) in [7, 11) is 3.10. The molecule has 4 amide bonds. The zero-order chi connectivity index (χ0) is 55.5. The Balaban J connectivity index is 0.817. The molecular weight excluding hydrogens is 1020 g/mol. The average Bonchev–Trinajstić information content (AvgIpc) is 4.36. The minimum absolute atomic E-state index is 0.0635. The van der Waals surface area contributed by atoms with Crippen molar-refractivity contribution in [1.29, 1.82) is 0 Å². The van der Waals surface area contributed by atoms with Crippen LogP contribution in [0.4, 0.5) is 24.2 Å². The number of ether oxygens (including phenoxy) is 5. The number of carbonyl (C=O) groups excluding carboxylic acids is 4. The van der Waals surface area contributed by atoms with Gasteiger partial charge in [-0.05, 0) is 120 Å². The Bertz CT molecular complexity index is 3540. The van der Waals surface area contributed by atoms with Crippen LogP contribution in [0.3, 0.4) is 0 Å². The highest BCUT2D eigenvalue weighted by Gasteiger charge is 2.51. The summed E-state index contributed by atoms with van der Waals surface area (Å²) in [4.78, 5) is 84.9. The van der Waals surface area contributed by atoms with E-state index in [1.54, 1.807) is 25.2 Å². The lowest BCUT2D eigenvalue weighted by molar-refractivity contribution is -0.135. The van der Waals surface area contributed by atoms with Gasteiger partial charge in [0.05, 0.1) is 39.6 Å². The van der Waals surface area contributed by atoms with E-state index in [9.17, 15) is 24.0 Å². The number of imidazole rings is 1. The first-order chi connectivity index (χ1) is 37.9. The number of hydrogen-bond acceptors (Lipinski definition) is 15. The number of imide groups is 1. The van der Waals surface area contributed by atoms with Crippen LogP contribution in [0.2, 0.25) is 0 Å². The molecule has 2 N–H and O–H groups in total. The Morgan fingerprint density at radius 1 is 0.975 bits per heavy atom. The molecule has 0 aliphatic carbocycles. The highest BCUT2D eigenvalue weighted by molar-refractivity contribution is 6.03. The van der Waals surface area contributed by atoms with E-state index in [2.05, 4.69) is 26.4 Å². The number of alkyl carbamates (subject to hydrolysis) is 1. The number of methoxy groups -OCH3 is 1. The van der Waals surface area contributed by atoms with Gasteiger partial charge in [0.1, 0.15) is 53.5 Å². The molecule has 2 bridgehead atoms. The number of hydrogen-bond donors (Lipinski definition) is 2. The third kappa shape index (κ3) is 10.0. The van der Waals surface area contributed by atoms with Gasteiger partial charge in [-0.3, -0.25) is 38.8 Å². The van der Waals surface area contributed by atoms with Crippen molar-refractivity contribution in [1.82, 2.24) is 44.5 Å². The van der Waals surface area contributed by atoms with Crippen LogP contribution in [0.15, 0.2) is 53.5 Å². The van der Waals surface area contributed by atoms with Crippen molar-refractivity contribution in [2.24, 2.45) is 7.05 Å². The van der Waals surface area contributed by atoms with E-state index < -0.39 is 40.8 Å². The van der Waals surface area contributed by atoms with E-state index in [0.29, 0.717) is 52.9 Å². The molecule has 11 rings (SSSR count). The number of carbonyl (C=O) groups is 4. The monoisotopic (exact) mass is 1080 g/mol. The average molecular weight is 1090 g/mol. The van der Waals surface area contributed by atoms with Gasteiger partial charge >= 0.3 is 23.9 Å². The number of nitrogens with one attached hydrogen (secondary N) is 2. The first-order valence-electron chi connectivity index (χ1n) is 26.8. The summed E-state index contributed by atoms with van der Waals surface area (Å²) in [5, 5.41) is 6.25. The maximum atomic E-state index is 17.7. The Kier molecular flexibility index (Phi) is 14.2. The number of piperazine rings is 1. The standard InChI is InChI=1S/C57H62F2N10O10/c1-7-38-41(58)13-10-33-24-37(78-31-75-6)25-39(46(33)38)48-47(59)49-40(26-61-48)50(66-27-34-11-12-35(28-66)68(34)55(74)79-56(2,3)4)64-52(63-49)77-30-57-19-8-22-67(57)36(17-20-57)29-76-53(72)60-21-18-32-9-14-42-44(23-32)65(5)54(73)69(42)43-15-16-45(70)62-51(43)71/h1,9-10,13-14,23-26,34-36,43H,8,11-12,15-22,27-31H2,2-6H3,(H,60,72)(H,62,70,71)/t34?,35?,36-,43?,57-/m0/s1. The van der Waals surface area contributed by atoms with Crippen LogP contribution in [0.1, 0.15) is 89.3 Å². The topological polar surface area (TPSA) is 214 Å². The predicted molar refractivity (Wildman–Crippen MR) is 287 cm³/mol. The predicted octanol–water partition coefficient (Wildman–Crippen LogP) is 6.65. The molecule has 20 nitrogen and oxygen atoms in total. The summed E-state index contributed by atoms with van der Waals surface area (Å²) in [5.41, 5.74) is 0.456. The van der Waals surface area contributed by atoms with Crippen molar-refractivity contribution in [2.45, 2.75) is 114 Å². The summed E-state index contributed by atoms with van der Waals surface area (Å²) in [6.45, 7) is 7.48. The summed E-state index contributed by atoms with van der Waals surface area (Å²) in [6, 6.07) is 10.1. The summed E-state index contributed by atoms with van der Waals surface area (Å²) >= 11 is 0. The van der Waals surface area contributed by atoms with Crippen LogP contribution in [-0.2, 0) is 37.3 Å². The number of terminal acetylenes is 1. The molecule has 6 aromatic rings. The molecule has 3 aromatic heterocycles. The minimum Gasteiger partial charge on any atom is -0.468 e. The maximum Gasteiger partial charge on any atom is 0.410 e. The molecule has 8 heterocycles. The lowest BCUT2D eigenvalue weighted by Crippen LogP contribution is -2.57. The van der Waals surface area contributed by atoms with E-state index in [4.69, 9.17) is 40.1 Å². The number of halogens is 2. The fraction of sp³-hybridized carbons (Fsp3) is 0.474. The lowest BCUT2D eigenvalue weighted by Gasteiger charge is -2.42. The summed E-state index contributed by atoms with van der Waals surface area (Å²) < 4.78 is 65.2. The smallest absolute Gasteiger partial charge is 0.410 e. The zero-order valence-electron chi connectivity index (χ0n) is 44.7. The highest BCUT2D eigenvalue weighted by Crippen LogP contribution is 2.44. The highest BCUT2D eigenvalue weighted by atomic mass is 19.1. The van der Waals surface area contributed by atoms with Crippen molar-refractivity contribution in [3.8, 4) is 35.4 Å². The molecule has 22 heteroatoms. The van der Waals surface area contributed by atoms with Gasteiger partial charge in [0, 0.05) is 63.4 Å². The molecular formula is C57H62F2N10O10. The molecule has 79 heavy (non-hydrogen) atoms. The second kappa shape index (κ2) is 21.0. The van der Waals surface area contributed by atoms with E-state index in [1.807, 2.05) is 42.7 Å². The van der Waals surface area contributed by atoms with Gasteiger partial charge in [-0.2, -0.15) is 9.97 Å². The number of nitrogens with zero attached hydrogens (tertiary/aromatic N) is 8. The lowest BCUT2D eigenvalue weighted by atomic mass is 9.95. The SMILES string of the molecule is C#Cc1c(F)ccc2cc(OCOC)cc(-c3ncc4c(N5CC6CCC(C5)N6C(=O)OC(C)(C)C)nc(OC[C@@]56CCCN5[C@H](COC(=O)NCCc5ccc7c(c5)n(C)c(=O)n7C5CCC(=O)NC5=O)CC6)nc4c3F)c12. The normalized spacial score (nSPS) is 22.1. The van der Waals surface area contributed by atoms with Crippen molar-refractivity contribution in [3.63, 3.8) is 0 Å². The Morgan fingerprint density at radius 2 is 1.77 bits per heavy atom. The van der Waals surface area contributed by atoms with Gasteiger partial charge in [-0.25, -0.2) is 23.2 Å². The van der Waals surface area contributed by atoms with E-state index in [-0.39, 0.29) is 109 Å². The number of anilines is 1. The number of amides is 4. The van der Waals surface area contributed by atoms with Crippen LogP contribution >= 0.6 is 0 Å². The molecule has 5 aliphatic heterocycles. The molecule has 0 saturated carbocycles. The fourth-order valence-corrected chi connectivity index (χ4v) is 12.5. The zero-order valence-corrected chi connectivity index (χ0v) is 44.7. The number of aromatic nitrogens is 5. The molecule has 5 atom stereocenters. The van der Waals surface area contributed by atoms with Gasteiger partial charge in [0.15, 0.2) is 12.6 Å². The van der Waals surface area contributed by atoms with Gasteiger partial charge in [0.2, 0.25) is 11.8 Å². The Hall–Kier alpha value is -7.90. The molecule has 5 aliphatic rings. The molecule has 414 valence electrons. The molecule has 0 radical (unpaired) electrons. The van der Waals surface area contributed by atoms with Gasteiger partial charge in [0.25, 0.3) is 0 Å². The molecule has 0 spiro atoms. The number of benzene rings is 3. The fourth-order valence-electron chi connectivity index (χ4n) is 12.5. The Labute approximate surface area is 453 Å². The molecule has 5 fully saturated rings. The van der Waals surface area contributed by atoms with E-state index in [0.717, 1.165) is 50.6 Å². The Morgan fingerprint density at radius 3 is 2.52 bits per heavy atom. The van der Waals surface area contributed by atoms with E-state index >= 15 is 8.78 Å². The summed E-state index contributed by atoms with van der Waals surface area (Å²) in [5.74, 6) is 0.804. The van der Waals surface area contributed by atoms with Crippen molar-refractivity contribution in [3.05, 3.63) is 81.9 Å². The van der Waals surface area contributed by atoms with Gasteiger partial charge in [-0.15, -0.1) is 6.42 Å². The largest absolute Gasteiger partial charge is 0.468 e.